The van der Waals surface area contributed by atoms with Crippen molar-refractivity contribution in [1.82, 2.24) is 0 Å². The fraction of sp³-hybridized carbons (Fsp3) is 1.00. The Labute approximate surface area is 91.8 Å². The average Bonchev–Trinajstić information content (AvgIpc) is 2.29. The van der Waals surface area contributed by atoms with Gasteiger partial charge in [-0.15, -0.1) is 0 Å². The molecular formula is C11H20O3S. The molecular weight excluding hydrogens is 212 g/mol. The first kappa shape index (κ1) is 11.4. The summed E-state index contributed by atoms with van der Waals surface area (Å²) in [6, 6.07) is 0. The summed E-state index contributed by atoms with van der Waals surface area (Å²) < 4.78 is 23.8. The van der Waals surface area contributed by atoms with Crippen molar-refractivity contribution in [2.24, 2.45) is 5.41 Å². The van der Waals surface area contributed by atoms with Crippen LogP contribution in [0.5, 0.6) is 0 Å². The minimum atomic E-state index is -2.92. The zero-order valence-electron chi connectivity index (χ0n) is 9.66. The van der Waals surface area contributed by atoms with E-state index in [1.165, 1.54) is 0 Å². The molecule has 3 nitrogen and oxygen atoms in total. The molecule has 2 aliphatic heterocycles. The van der Waals surface area contributed by atoms with Crippen molar-refractivity contribution in [1.29, 1.82) is 0 Å². The van der Waals surface area contributed by atoms with E-state index in [1.54, 1.807) is 0 Å². The standard InChI is InChI=1S/C11H20O3S/c1-10(2,3)11(12)6-8-4-5-9(7-11)15(8,13)14/h8-9,12H,4-7H2,1-3H3. The highest BCUT2D eigenvalue weighted by Crippen LogP contribution is 2.49. The molecule has 0 radical (unpaired) electrons. The maximum atomic E-state index is 11.9. The predicted molar refractivity (Wildman–Crippen MR) is 59.4 cm³/mol. The molecule has 0 aromatic heterocycles. The molecule has 2 fully saturated rings. The van der Waals surface area contributed by atoms with Crippen LogP contribution in [0.15, 0.2) is 0 Å². The highest BCUT2D eigenvalue weighted by atomic mass is 32.2. The molecule has 2 bridgehead atoms. The maximum Gasteiger partial charge on any atom is 0.156 e. The topological polar surface area (TPSA) is 54.4 Å². The van der Waals surface area contributed by atoms with Crippen LogP contribution in [0.2, 0.25) is 0 Å². The van der Waals surface area contributed by atoms with Crippen LogP contribution >= 0.6 is 0 Å². The zero-order valence-corrected chi connectivity index (χ0v) is 10.5. The third-order valence-corrected chi connectivity index (χ3v) is 6.93. The van der Waals surface area contributed by atoms with Crippen LogP contribution in [0, 0.1) is 5.41 Å². The second-order valence-corrected chi connectivity index (χ2v) is 8.61. The number of hydrogen-bond acceptors (Lipinski definition) is 3. The van der Waals surface area contributed by atoms with E-state index >= 15 is 0 Å². The fourth-order valence-electron chi connectivity index (χ4n) is 2.86. The Morgan fingerprint density at radius 3 is 1.87 bits per heavy atom. The van der Waals surface area contributed by atoms with Crippen LogP contribution in [0.3, 0.4) is 0 Å². The van der Waals surface area contributed by atoms with Gasteiger partial charge in [-0.2, -0.15) is 0 Å². The van der Waals surface area contributed by atoms with Crippen LogP contribution in [0.25, 0.3) is 0 Å². The first-order valence-electron chi connectivity index (χ1n) is 5.62. The monoisotopic (exact) mass is 232 g/mol. The quantitative estimate of drug-likeness (QED) is 0.688. The lowest BCUT2D eigenvalue weighted by atomic mass is 9.72. The van der Waals surface area contributed by atoms with Gasteiger partial charge in [0.2, 0.25) is 0 Å². The van der Waals surface area contributed by atoms with Gasteiger partial charge in [-0.25, -0.2) is 8.42 Å². The SMILES string of the molecule is CC(C)(C)C1(O)CC2CCC(C1)S2(=O)=O. The summed E-state index contributed by atoms with van der Waals surface area (Å²) in [7, 11) is -2.92. The molecule has 2 saturated heterocycles. The van der Waals surface area contributed by atoms with E-state index < -0.39 is 15.4 Å². The van der Waals surface area contributed by atoms with Crippen molar-refractivity contribution in [2.75, 3.05) is 0 Å². The summed E-state index contributed by atoms with van der Waals surface area (Å²) in [6.45, 7) is 5.97. The fourth-order valence-corrected chi connectivity index (χ4v) is 5.35. The summed E-state index contributed by atoms with van der Waals surface area (Å²) in [4.78, 5) is 0. The van der Waals surface area contributed by atoms with E-state index in [0.29, 0.717) is 12.8 Å². The Balaban J connectivity index is 2.34. The lowest BCUT2D eigenvalue weighted by molar-refractivity contribution is -0.0715. The number of rotatable bonds is 0. The number of sulfone groups is 1. The molecule has 2 rings (SSSR count). The predicted octanol–water partition coefficient (Wildman–Crippen LogP) is 1.50. The van der Waals surface area contributed by atoms with Gasteiger partial charge in [-0.3, -0.25) is 0 Å². The van der Waals surface area contributed by atoms with Crippen LogP contribution < -0.4 is 0 Å². The highest BCUT2D eigenvalue weighted by molar-refractivity contribution is 7.93. The molecule has 88 valence electrons. The molecule has 0 saturated carbocycles. The Morgan fingerprint density at radius 2 is 1.53 bits per heavy atom. The van der Waals surface area contributed by atoms with Gasteiger partial charge >= 0.3 is 0 Å². The minimum absolute atomic E-state index is 0.232. The van der Waals surface area contributed by atoms with E-state index in [9.17, 15) is 13.5 Å². The average molecular weight is 232 g/mol. The lowest BCUT2D eigenvalue weighted by Crippen LogP contribution is -2.52. The van der Waals surface area contributed by atoms with Crippen molar-refractivity contribution in [3.05, 3.63) is 0 Å². The van der Waals surface area contributed by atoms with Crippen molar-refractivity contribution in [3.63, 3.8) is 0 Å². The first-order chi connectivity index (χ1) is 6.67. The van der Waals surface area contributed by atoms with E-state index in [0.717, 1.165) is 12.8 Å². The van der Waals surface area contributed by atoms with Gasteiger partial charge in [0.25, 0.3) is 0 Å². The second-order valence-electron chi connectivity index (χ2n) is 6.10. The number of hydrogen-bond donors (Lipinski definition) is 1. The molecule has 2 unspecified atom stereocenters. The minimum Gasteiger partial charge on any atom is -0.389 e. The van der Waals surface area contributed by atoms with Gasteiger partial charge in [0.15, 0.2) is 9.84 Å². The Kier molecular flexibility index (Phi) is 2.26. The highest BCUT2D eigenvalue weighted by Gasteiger charge is 2.56. The summed E-state index contributed by atoms with van der Waals surface area (Å²) in [5, 5.41) is 9.97. The normalized spacial score (nSPS) is 44.3. The zero-order chi connectivity index (χ0) is 11.5. The van der Waals surface area contributed by atoms with Gasteiger partial charge in [0, 0.05) is 0 Å². The molecule has 15 heavy (non-hydrogen) atoms. The molecule has 1 N–H and O–H groups in total. The van der Waals surface area contributed by atoms with Crippen LogP contribution in [-0.2, 0) is 9.84 Å². The van der Waals surface area contributed by atoms with E-state index in [1.807, 2.05) is 20.8 Å². The van der Waals surface area contributed by atoms with Crippen LogP contribution in [0.4, 0.5) is 0 Å². The molecule has 0 aliphatic carbocycles. The molecule has 2 aliphatic rings. The van der Waals surface area contributed by atoms with Crippen LogP contribution in [0.1, 0.15) is 46.5 Å². The largest absolute Gasteiger partial charge is 0.389 e. The molecule has 0 amide bonds. The lowest BCUT2D eigenvalue weighted by Gasteiger charge is -2.45. The van der Waals surface area contributed by atoms with Gasteiger partial charge < -0.3 is 5.11 Å². The van der Waals surface area contributed by atoms with Gasteiger partial charge in [0.05, 0.1) is 16.1 Å². The molecule has 0 spiro atoms. The first-order valence-corrected chi connectivity index (χ1v) is 7.23. The van der Waals surface area contributed by atoms with Gasteiger partial charge in [-0.05, 0) is 31.1 Å². The Hall–Kier alpha value is -0.0900. The van der Waals surface area contributed by atoms with Gasteiger partial charge in [-0.1, -0.05) is 20.8 Å². The molecule has 0 aromatic carbocycles. The number of aliphatic hydroxyl groups is 1. The maximum absolute atomic E-state index is 11.9. The second kappa shape index (κ2) is 2.98. The van der Waals surface area contributed by atoms with E-state index in [4.69, 9.17) is 0 Å². The molecule has 4 heteroatoms. The van der Waals surface area contributed by atoms with E-state index in [-0.39, 0.29) is 15.9 Å². The smallest absolute Gasteiger partial charge is 0.156 e. The van der Waals surface area contributed by atoms with E-state index in [2.05, 4.69) is 0 Å². The van der Waals surface area contributed by atoms with Crippen molar-refractivity contribution in [2.45, 2.75) is 62.6 Å². The summed E-state index contributed by atoms with van der Waals surface area (Å²) in [5.74, 6) is 0. The Morgan fingerprint density at radius 1 is 1.13 bits per heavy atom. The molecule has 0 aromatic rings. The summed E-state index contributed by atoms with van der Waals surface area (Å²) >= 11 is 0. The summed E-state index contributed by atoms with van der Waals surface area (Å²) in [6.07, 6.45) is 2.33. The van der Waals surface area contributed by atoms with Crippen molar-refractivity contribution < 1.29 is 13.5 Å². The molecule has 2 atom stereocenters. The third kappa shape index (κ3) is 1.53. The summed E-state index contributed by atoms with van der Waals surface area (Å²) in [5.41, 5.74) is -1.03. The Bertz CT molecular complexity index is 344. The van der Waals surface area contributed by atoms with Gasteiger partial charge in [0.1, 0.15) is 0 Å². The molecule has 2 heterocycles. The number of fused-ring (bicyclic) bond motifs is 2. The van der Waals surface area contributed by atoms with Crippen LogP contribution in [-0.4, -0.2) is 29.6 Å². The van der Waals surface area contributed by atoms with Crippen molar-refractivity contribution >= 4 is 9.84 Å². The van der Waals surface area contributed by atoms with Crippen molar-refractivity contribution in [3.8, 4) is 0 Å². The third-order valence-electron chi connectivity index (χ3n) is 4.27.